The van der Waals surface area contributed by atoms with Gasteiger partial charge < -0.3 is 14.8 Å². The van der Waals surface area contributed by atoms with Gasteiger partial charge in [0, 0.05) is 16.5 Å². The number of benzene rings is 4. The molecule has 11 heteroatoms. The van der Waals surface area contributed by atoms with E-state index < -0.39 is 17.1 Å². The van der Waals surface area contributed by atoms with E-state index in [0.29, 0.717) is 38.3 Å². The first-order valence-corrected chi connectivity index (χ1v) is 15.9. The Kier molecular flexibility index (Phi) is 7.42. The molecule has 5 aromatic rings. The van der Waals surface area contributed by atoms with Crippen LogP contribution in [-0.2, 0) is 20.9 Å². The second kappa shape index (κ2) is 11.6. The van der Waals surface area contributed by atoms with Crippen LogP contribution in [0.3, 0.4) is 0 Å². The van der Waals surface area contributed by atoms with Gasteiger partial charge in [0.15, 0.2) is 11.5 Å². The van der Waals surface area contributed by atoms with Gasteiger partial charge in [-0.1, -0.05) is 77.7 Å². The van der Waals surface area contributed by atoms with Crippen LogP contribution in [-0.4, -0.2) is 41.8 Å². The highest BCUT2D eigenvalue weighted by Gasteiger charge is 2.57. The zero-order valence-electron chi connectivity index (χ0n) is 24.3. The van der Waals surface area contributed by atoms with Crippen molar-refractivity contribution in [2.24, 2.45) is 5.92 Å². The molecular weight excluding hydrogens is 611 g/mol. The average Bonchev–Trinajstić information content (AvgIpc) is 3.50. The van der Waals surface area contributed by atoms with Crippen molar-refractivity contribution in [3.8, 4) is 11.5 Å². The van der Waals surface area contributed by atoms with Crippen LogP contribution in [0.1, 0.15) is 16.4 Å². The maximum absolute atomic E-state index is 14.1. The fraction of sp³-hybridized carbons (Fsp3) is 0.176. The predicted octanol–water partition coefficient (Wildman–Crippen LogP) is 5.51. The van der Waals surface area contributed by atoms with Crippen LogP contribution in [0.25, 0.3) is 10.8 Å². The van der Waals surface area contributed by atoms with E-state index >= 15 is 0 Å². The maximum atomic E-state index is 14.1. The lowest BCUT2D eigenvalue weighted by Crippen LogP contribution is -2.33. The summed E-state index contributed by atoms with van der Waals surface area (Å²) in [4.78, 5) is 56.3. The Morgan fingerprint density at radius 2 is 1.56 bits per heavy atom. The first kappa shape index (κ1) is 28.9. The summed E-state index contributed by atoms with van der Waals surface area (Å²) in [5, 5.41) is 4.64. The third-order valence-electron chi connectivity index (χ3n) is 8.17. The van der Waals surface area contributed by atoms with E-state index in [1.165, 1.54) is 35.4 Å². The summed E-state index contributed by atoms with van der Waals surface area (Å²) in [6.07, 6.45) is 0. The third kappa shape index (κ3) is 4.98. The van der Waals surface area contributed by atoms with Gasteiger partial charge in [0.25, 0.3) is 0 Å². The summed E-state index contributed by atoms with van der Waals surface area (Å²) in [6, 6.07) is 27.6. The molecule has 0 spiro atoms. The van der Waals surface area contributed by atoms with Gasteiger partial charge in [0.1, 0.15) is 11.8 Å². The van der Waals surface area contributed by atoms with Crippen LogP contribution in [0, 0.1) is 5.92 Å². The summed E-state index contributed by atoms with van der Waals surface area (Å²) < 4.78 is 12.4. The van der Waals surface area contributed by atoms with Crippen LogP contribution >= 0.6 is 23.1 Å². The second-order valence-corrected chi connectivity index (χ2v) is 12.9. The van der Waals surface area contributed by atoms with Crippen LogP contribution in [0.2, 0.25) is 0 Å². The zero-order valence-corrected chi connectivity index (χ0v) is 25.9. The van der Waals surface area contributed by atoms with Gasteiger partial charge in [-0.15, -0.1) is 0 Å². The fourth-order valence-electron chi connectivity index (χ4n) is 6.10. The summed E-state index contributed by atoms with van der Waals surface area (Å²) >= 11 is 2.17. The smallest absolute Gasteiger partial charge is 0.308 e. The molecular formula is C34H27N3O6S2. The normalized spacial score (nSPS) is 18.9. The highest BCUT2D eigenvalue weighted by molar-refractivity contribution is 8.00. The number of hydrogen-bond donors (Lipinski definition) is 1. The fourth-order valence-corrected chi connectivity index (χ4v) is 8.88. The number of carbonyl (C=O) groups excluding carboxylic acids is 3. The van der Waals surface area contributed by atoms with E-state index in [9.17, 15) is 19.2 Å². The number of imide groups is 1. The molecule has 1 saturated heterocycles. The van der Waals surface area contributed by atoms with E-state index in [2.05, 4.69) is 5.32 Å². The SMILES string of the molecule is COc1ccc([C@@H]2c3sc(=O)n(CC(=O)Nc4ccc5ccccc5c4)c3S[C@H]3C(=O)N(c4ccccc4)C(=O)[C@@H]23)cc1OC. The topological polar surface area (TPSA) is 107 Å². The Bertz CT molecular complexity index is 2040. The second-order valence-electron chi connectivity index (χ2n) is 10.7. The van der Waals surface area contributed by atoms with Crippen molar-refractivity contribution >= 4 is 63.0 Å². The summed E-state index contributed by atoms with van der Waals surface area (Å²) in [7, 11) is 3.06. The molecule has 9 nitrogen and oxygen atoms in total. The Hall–Kier alpha value is -4.87. The lowest BCUT2D eigenvalue weighted by Gasteiger charge is -2.31. The van der Waals surface area contributed by atoms with E-state index in [-0.39, 0.29) is 29.1 Å². The molecule has 1 aromatic heterocycles. The molecule has 2 aliphatic heterocycles. The van der Waals surface area contributed by atoms with Gasteiger partial charge in [0.2, 0.25) is 17.7 Å². The molecule has 45 heavy (non-hydrogen) atoms. The number of thiazole rings is 1. The van der Waals surface area contributed by atoms with Crippen LogP contribution in [0.4, 0.5) is 11.4 Å². The summed E-state index contributed by atoms with van der Waals surface area (Å²) in [6.45, 7) is -0.245. The number of para-hydroxylation sites is 1. The average molecular weight is 638 g/mol. The molecule has 1 N–H and O–H groups in total. The number of thioether (sulfide) groups is 1. The van der Waals surface area contributed by atoms with Gasteiger partial charge in [-0.2, -0.15) is 0 Å². The Morgan fingerprint density at radius 1 is 0.822 bits per heavy atom. The number of anilines is 2. The molecule has 3 amide bonds. The number of amides is 3. The number of ether oxygens (including phenoxy) is 2. The standard InChI is InChI=1S/C34H27N3O6S2/c1-42-24-15-13-21(17-25(24)43-2)27-28-29(32(40)37(31(28)39)23-10-4-3-5-11-23)44-33-30(27)45-34(41)36(33)18-26(38)35-22-14-12-19-8-6-7-9-20(19)16-22/h3-17,27-29H,18H2,1-2H3,(H,35,38)/t27-,28-,29+/m0/s1. The minimum absolute atomic E-state index is 0.245. The van der Waals surface area contributed by atoms with E-state index in [1.807, 2.05) is 54.6 Å². The number of nitrogens with zero attached hydrogens (tertiary/aromatic N) is 2. The van der Waals surface area contributed by atoms with E-state index in [4.69, 9.17) is 9.47 Å². The van der Waals surface area contributed by atoms with Gasteiger partial charge in [-0.25, -0.2) is 4.90 Å². The number of rotatable bonds is 7. The van der Waals surface area contributed by atoms with Crippen molar-refractivity contribution in [2.75, 3.05) is 24.4 Å². The molecule has 0 bridgehead atoms. The molecule has 4 aromatic carbocycles. The number of fused-ring (bicyclic) bond motifs is 3. The van der Waals surface area contributed by atoms with Crippen molar-refractivity contribution in [1.29, 1.82) is 0 Å². The molecule has 2 aliphatic rings. The minimum atomic E-state index is -0.799. The number of aromatic nitrogens is 1. The number of nitrogens with one attached hydrogen (secondary N) is 1. The lowest BCUT2D eigenvalue weighted by atomic mass is 9.83. The summed E-state index contributed by atoms with van der Waals surface area (Å²) in [5.74, 6) is -1.49. The van der Waals surface area contributed by atoms with Crippen molar-refractivity contribution in [3.05, 3.63) is 111 Å². The molecule has 7 rings (SSSR count). The first-order chi connectivity index (χ1) is 21.9. The number of methoxy groups -OCH3 is 2. The van der Waals surface area contributed by atoms with Crippen molar-refractivity contribution < 1.29 is 23.9 Å². The number of hydrogen-bond acceptors (Lipinski definition) is 8. The highest BCUT2D eigenvalue weighted by Crippen LogP contribution is 2.54. The first-order valence-electron chi connectivity index (χ1n) is 14.2. The van der Waals surface area contributed by atoms with Crippen molar-refractivity contribution in [3.63, 3.8) is 0 Å². The van der Waals surface area contributed by atoms with Gasteiger partial charge in [0.05, 0.1) is 30.9 Å². The zero-order chi connectivity index (χ0) is 31.2. The Balaban J connectivity index is 1.28. The molecule has 0 radical (unpaired) electrons. The van der Waals surface area contributed by atoms with Crippen LogP contribution in [0.15, 0.2) is 101 Å². The van der Waals surface area contributed by atoms with Crippen LogP contribution < -0.4 is 24.6 Å². The lowest BCUT2D eigenvalue weighted by molar-refractivity contribution is -0.122. The van der Waals surface area contributed by atoms with Gasteiger partial charge >= 0.3 is 4.87 Å². The molecule has 1 fully saturated rings. The maximum Gasteiger partial charge on any atom is 0.308 e. The quantitative estimate of drug-likeness (QED) is 0.235. The monoisotopic (exact) mass is 637 g/mol. The van der Waals surface area contributed by atoms with Crippen LogP contribution in [0.5, 0.6) is 11.5 Å². The molecule has 226 valence electrons. The molecule has 3 atom stereocenters. The van der Waals surface area contributed by atoms with E-state index in [0.717, 1.165) is 22.1 Å². The van der Waals surface area contributed by atoms with Crippen molar-refractivity contribution in [1.82, 2.24) is 4.57 Å². The predicted molar refractivity (Wildman–Crippen MR) is 175 cm³/mol. The number of carbonyl (C=O) groups is 3. The van der Waals surface area contributed by atoms with Crippen molar-refractivity contribution in [2.45, 2.75) is 22.7 Å². The minimum Gasteiger partial charge on any atom is -0.493 e. The third-order valence-corrected chi connectivity index (χ3v) is 10.8. The molecule has 0 unspecified atom stereocenters. The van der Waals surface area contributed by atoms with Gasteiger partial charge in [-0.3, -0.25) is 23.7 Å². The molecule has 0 saturated carbocycles. The molecule has 3 heterocycles. The molecule has 0 aliphatic carbocycles. The van der Waals surface area contributed by atoms with E-state index in [1.54, 1.807) is 36.4 Å². The largest absolute Gasteiger partial charge is 0.493 e. The highest BCUT2D eigenvalue weighted by atomic mass is 32.2. The summed E-state index contributed by atoms with van der Waals surface area (Å²) in [5.41, 5.74) is 1.81. The Labute approximate surface area is 266 Å². The Morgan fingerprint density at radius 3 is 2.31 bits per heavy atom. The van der Waals surface area contributed by atoms with Gasteiger partial charge in [-0.05, 0) is 52.7 Å².